The van der Waals surface area contributed by atoms with Gasteiger partial charge in [-0.05, 0) is 108 Å². The molecule has 8 aromatic rings. The van der Waals surface area contributed by atoms with Crippen molar-refractivity contribution in [1.29, 1.82) is 0 Å². The molecule has 2 heterocycles. The van der Waals surface area contributed by atoms with E-state index in [9.17, 15) is 0 Å². The van der Waals surface area contributed by atoms with Crippen molar-refractivity contribution in [3.8, 4) is 39.9 Å². The summed E-state index contributed by atoms with van der Waals surface area (Å²) < 4.78 is 2.36. The highest BCUT2D eigenvalue weighted by molar-refractivity contribution is 6.09. The lowest BCUT2D eigenvalue weighted by molar-refractivity contribution is -0.0443. The largest absolute Gasteiger partial charge is 0.309 e. The molecule has 0 amide bonds. The summed E-state index contributed by atoms with van der Waals surface area (Å²) in [7, 11) is 0. The molecule has 5 aliphatic rings. The molecule has 272 valence electrons. The second-order valence-corrected chi connectivity index (χ2v) is 17.7. The van der Waals surface area contributed by atoms with Crippen LogP contribution in [0, 0.1) is 23.7 Å². The van der Waals surface area contributed by atoms with Crippen LogP contribution in [0.1, 0.15) is 68.2 Å². The molecule has 4 bridgehead atoms. The van der Waals surface area contributed by atoms with Crippen LogP contribution in [0.15, 0.2) is 146 Å². The average molecular weight is 725 g/mol. The summed E-state index contributed by atoms with van der Waals surface area (Å²) in [4.78, 5) is 15.8. The zero-order chi connectivity index (χ0) is 37.2. The van der Waals surface area contributed by atoms with Crippen LogP contribution >= 0.6 is 0 Å². The minimum absolute atomic E-state index is 0.0834. The van der Waals surface area contributed by atoms with Crippen molar-refractivity contribution in [2.45, 2.75) is 56.8 Å². The molecule has 0 saturated heterocycles. The van der Waals surface area contributed by atoms with E-state index >= 15 is 0 Å². The monoisotopic (exact) mass is 724 g/mol. The second-order valence-electron chi connectivity index (χ2n) is 17.7. The van der Waals surface area contributed by atoms with Crippen molar-refractivity contribution in [3.63, 3.8) is 0 Å². The van der Waals surface area contributed by atoms with Crippen molar-refractivity contribution in [2.75, 3.05) is 0 Å². The molecule has 56 heavy (non-hydrogen) atoms. The van der Waals surface area contributed by atoms with E-state index in [0.29, 0.717) is 29.3 Å². The highest BCUT2D eigenvalue weighted by atomic mass is 15.0. The summed E-state index contributed by atoms with van der Waals surface area (Å²) in [6, 6.07) is 53.1. The van der Waals surface area contributed by atoms with E-state index in [1.54, 1.807) is 11.1 Å². The van der Waals surface area contributed by atoms with E-state index < -0.39 is 0 Å². The van der Waals surface area contributed by atoms with Crippen molar-refractivity contribution in [1.82, 2.24) is 19.5 Å². The molecule has 0 atom stereocenters. The Morgan fingerprint density at radius 3 is 1.62 bits per heavy atom. The van der Waals surface area contributed by atoms with Gasteiger partial charge in [0.2, 0.25) is 0 Å². The van der Waals surface area contributed by atoms with Crippen LogP contribution in [0.4, 0.5) is 0 Å². The van der Waals surface area contributed by atoms with Gasteiger partial charge >= 0.3 is 0 Å². The van der Waals surface area contributed by atoms with Gasteiger partial charge in [0, 0.05) is 44.0 Å². The number of aromatic nitrogens is 4. The predicted octanol–water partition coefficient (Wildman–Crippen LogP) is 12.4. The number of fused-ring (bicyclic) bond motifs is 5. The van der Waals surface area contributed by atoms with Crippen LogP contribution in [0.3, 0.4) is 0 Å². The SMILES string of the molecule is CC1(C)c2ccccc2C2(c3ccc(-c4nc(-c5ccccc5)nc(-c5cccc(-n6c7ccccc7c7ccccc76)c5)n4)cc31)C1CC3CC(C1)CC2C3. The van der Waals surface area contributed by atoms with Crippen LogP contribution in [0.5, 0.6) is 0 Å². The number of rotatable bonds is 4. The van der Waals surface area contributed by atoms with Crippen LogP contribution < -0.4 is 0 Å². The molecule has 4 saturated carbocycles. The van der Waals surface area contributed by atoms with Crippen molar-refractivity contribution in [2.24, 2.45) is 23.7 Å². The zero-order valence-electron chi connectivity index (χ0n) is 32.0. The van der Waals surface area contributed by atoms with E-state index in [1.165, 1.54) is 65.0 Å². The van der Waals surface area contributed by atoms with E-state index in [2.05, 4.69) is 158 Å². The molecule has 4 fully saturated rings. The molecule has 0 radical (unpaired) electrons. The Kier molecular flexibility index (Phi) is 6.83. The molecular formula is C52H44N4. The Morgan fingerprint density at radius 1 is 0.446 bits per heavy atom. The third kappa shape index (κ3) is 4.50. The maximum absolute atomic E-state index is 5.33. The minimum Gasteiger partial charge on any atom is -0.309 e. The lowest BCUT2D eigenvalue weighted by Gasteiger charge is -2.64. The van der Waals surface area contributed by atoms with Gasteiger partial charge in [-0.25, -0.2) is 15.0 Å². The summed E-state index contributed by atoms with van der Waals surface area (Å²) >= 11 is 0. The molecule has 5 aliphatic carbocycles. The standard InChI is InChI=1S/C52H44N4/c1-51(2)42-19-8-9-20-43(42)52(37-26-32-25-33(28-37)29-38(52)27-32)44-24-23-36(31-45(44)51)50-54-48(34-13-4-3-5-14-34)53-49(55-50)35-15-12-16-39(30-35)56-46-21-10-6-17-40(46)41-18-7-11-22-47(41)56/h3-24,30-33,37-38H,25-29H2,1-2H3. The van der Waals surface area contributed by atoms with Crippen LogP contribution in [-0.2, 0) is 10.8 Å². The molecule has 0 unspecified atom stereocenters. The highest BCUT2D eigenvalue weighted by Gasteiger charge is 2.62. The van der Waals surface area contributed by atoms with E-state index in [0.717, 1.165) is 34.2 Å². The van der Waals surface area contributed by atoms with E-state index in [1.807, 2.05) is 6.07 Å². The first-order valence-electron chi connectivity index (χ1n) is 20.6. The number of hydrogen-bond donors (Lipinski definition) is 0. The fourth-order valence-corrected chi connectivity index (χ4v) is 12.4. The molecule has 6 aromatic carbocycles. The second kappa shape index (κ2) is 11.8. The van der Waals surface area contributed by atoms with Crippen LogP contribution in [0.25, 0.3) is 61.7 Å². The number of para-hydroxylation sites is 2. The molecule has 0 N–H and O–H groups in total. The summed E-state index contributed by atoms with van der Waals surface area (Å²) in [5.74, 6) is 5.30. The minimum atomic E-state index is -0.156. The average Bonchev–Trinajstić information content (AvgIpc) is 3.58. The first-order chi connectivity index (χ1) is 27.5. The molecular weight excluding hydrogens is 681 g/mol. The zero-order valence-corrected chi connectivity index (χ0v) is 32.0. The van der Waals surface area contributed by atoms with Gasteiger partial charge in [0.15, 0.2) is 17.5 Å². The molecule has 4 heteroatoms. The lowest BCUT2D eigenvalue weighted by Crippen LogP contribution is -2.58. The van der Waals surface area contributed by atoms with Gasteiger partial charge in [-0.3, -0.25) is 0 Å². The van der Waals surface area contributed by atoms with Gasteiger partial charge in [0.05, 0.1) is 11.0 Å². The van der Waals surface area contributed by atoms with Gasteiger partial charge in [0.25, 0.3) is 0 Å². The Morgan fingerprint density at radius 2 is 0.964 bits per heavy atom. The molecule has 0 aliphatic heterocycles. The van der Waals surface area contributed by atoms with Gasteiger partial charge in [-0.2, -0.15) is 0 Å². The van der Waals surface area contributed by atoms with Gasteiger partial charge in [0.1, 0.15) is 0 Å². The maximum Gasteiger partial charge on any atom is 0.164 e. The summed E-state index contributed by atoms with van der Waals surface area (Å²) in [5, 5.41) is 2.49. The van der Waals surface area contributed by atoms with Gasteiger partial charge < -0.3 is 4.57 Å². The molecule has 1 spiro atoms. The predicted molar refractivity (Wildman–Crippen MR) is 227 cm³/mol. The third-order valence-corrected chi connectivity index (χ3v) is 14.5. The quantitative estimate of drug-likeness (QED) is 0.181. The molecule has 4 nitrogen and oxygen atoms in total. The summed E-state index contributed by atoms with van der Waals surface area (Å²) in [6.07, 6.45) is 6.93. The maximum atomic E-state index is 5.33. The van der Waals surface area contributed by atoms with Gasteiger partial charge in [-0.15, -0.1) is 0 Å². The third-order valence-electron chi connectivity index (χ3n) is 14.5. The van der Waals surface area contributed by atoms with Crippen molar-refractivity contribution < 1.29 is 0 Å². The first-order valence-corrected chi connectivity index (χ1v) is 20.6. The van der Waals surface area contributed by atoms with Gasteiger partial charge in [-0.1, -0.05) is 129 Å². The Labute approximate surface area is 328 Å². The fourth-order valence-electron chi connectivity index (χ4n) is 12.4. The summed E-state index contributed by atoms with van der Waals surface area (Å²) in [6.45, 7) is 4.87. The first kappa shape index (κ1) is 32.4. The number of nitrogens with zero attached hydrogens (tertiary/aromatic N) is 4. The Balaban J connectivity index is 1.04. The lowest BCUT2D eigenvalue weighted by atomic mass is 9.39. The van der Waals surface area contributed by atoms with Crippen LogP contribution in [-0.4, -0.2) is 19.5 Å². The fraction of sp³-hybridized carbons (Fsp3) is 0.250. The normalized spacial score (nSPS) is 24.1. The number of benzene rings is 6. The van der Waals surface area contributed by atoms with Crippen LogP contribution in [0.2, 0.25) is 0 Å². The highest BCUT2D eigenvalue weighted by Crippen LogP contribution is 2.68. The van der Waals surface area contributed by atoms with Crippen molar-refractivity contribution >= 4 is 21.8 Å². The Hall–Kier alpha value is -5.87. The topological polar surface area (TPSA) is 43.6 Å². The van der Waals surface area contributed by atoms with E-state index in [4.69, 9.17) is 15.0 Å². The number of hydrogen-bond acceptors (Lipinski definition) is 3. The van der Waals surface area contributed by atoms with Crippen molar-refractivity contribution in [3.05, 3.63) is 168 Å². The summed E-state index contributed by atoms with van der Waals surface area (Å²) in [5.41, 5.74) is 12.5. The van der Waals surface area contributed by atoms with E-state index in [-0.39, 0.29) is 10.8 Å². The Bertz CT molecular complexity index is 2780. The smallest absolute Gasteiger partial charge is 0.164 e. The molecule has 2 aromatic heterocycles. The molecule has 13 rings (SSSR count).